The smallest absolute Gasteiger partial charge is 0.220 e. The topological polar surface area (TPSA) is 118 Å². The third-order valence-corrected chi connectivity index (χ3v) is 7.15. The number of anilines is 2. The molecule has 1 fully saturated rings. The van der Waals surface area contributed by atoms with Crippen molar-refractivity contribution in [2.24, 2.45) is 5.92 Å². The highest BCUT2D eigenvalue weighted by Crippen LogP contribution is 2.43. The molecule has 4 heterocycles. The van der Waals surface area contributed by atoms with Gasteiger partial charge in [0.05, 0.1) is 29.6 Å². The zero-order valence-corrected chi connectivity index (χ0v) is 18.3. The third-order valence-electron chi connectivity index (χ3n) is 5.91. The Morgan fingerprint density at radius 1 is 1.26 bits per heavy atom. The summed E-state index contributed by atoms with van der Waals surface area (Å²) in [5, 5.41) is 15.5. The van der Waals surface area contributed by atoms with E-state index in [0.717, 1.165) is 24.1 Å². The summed E-state index contributed by atoms with van der Waals surface area (Å²) >= 11 is 6.19. The van der Waals surface area contributed by atoms with Gasteiger partial charge in [-0.05, 0) is 30.7 Å². The molecule has 9 nitrogen and oxygen atoms in total. The van der Waals surface area contributed by atoms with Crippen LogP contribution in [0.5, 0.6) is 0 Å². The summed E-state index contributed by atoms with van der Waals surface area (Å²) in [6, 6.07) is 7.17. The molecule has 0 spiro atoms. The van der Waals surface area contributed by atoms with E-state index in [-0.39, 0.29) is 23.4 Å². The summed E-state index contributed by atoms with van der Waals surface area (Å²) in [6.45, 7) is 0.858. The van der Waals surface area contributed by atoms with E-state index in [1.807, 2.05) is 12.1 Å². The zero-order chi connectivity index (χ0) is 21.8. The number of carbonyl (C=O) groups is 1. The summed E-state index contributed by atoms with van der Waals surface area (Å²) in [5.74, 6) is -0.0814. The molecular weight excluding hydrogens is 440 g/mol. The Morgan fingerprint density at radius 2 is 2.06 bits per heavy atom. The highest BCUT2D eigenvalue weighted by atomic mass is 35.5. The number of fused-ring (bicyclic) bond motifs is 2. The summed E-state index contributed by atoms with van der Waals surface area (Å²) in [4.78, 5) is 16.4. The fourth-order valence-electron chi connectivity index (χ4n) is 4.48. The second-order valence-corrected chi connectivity index (χ2v) is 10.4. The van der Waals surface area contributed by atoms with Crippen molar-refractivity contribution in [1.29, 1.82) is 0 Å². The Kier molecular flexibility index (Phi) is 4.60. The number of aromatic nitrogens is 3. The van der Waals surface area contributed by atoms with Gasteiger partial charge in [-0.1, -0.05) is 11.6 Å². The standard InChI is InChI=1S/C20H21ClN6O3S/c1-31(29,30)19-14-5-6-22-10-17(14)27(26-19)11-20(12-4-7-23-18(28)8-12)24-15-3-2-13(21)9-16(15)25-20/h2-3,5-6,9-10,12,24-25H,4,7-8,11H2,1H3,(H,23,28). The highest BCUT2D eigenvalue weighted by Gasteiger charge is 2.46. The highest BCUT2D eigenvalue weighted by molar-refractivity contribution is 7.90. The minimum absolute atomic E-state index is 0.0139. The summed E-state index contributed by atoms with van der Waals surface area (Å²) < 4.78 is 26.3. The lowest BCUT2D eigenvalue weighted by Crippen LogP contribution is -2.56. The number of carbonyl (C=O) groups excluding carboxylic acids is 1. The van der Waals surface area contributed by atoms with E-state index in [1.165, 1.54) is 0 Å². The average Bonchev–Trinajstić information content (AvgIpc) is 3.27. The molecule has 1 aromatic carbocycles. The number of pyridine rings is 1. The van der Waals surface area contributed by atoms with Gasteiger partial charge in [0.1, 0.15) is 5.66 Å². The molecule has 162 valence electrons. The average molecular weight is 461 g/mol. The van der Waals surface area contributed by atoms with Gasteiger partial charge in [0.2, 0.25) is 5.91 Å². The Morgan fingerprint density at radius 3 is 2.84 bits per heavy atom. The van der Waals surface area contributed by atoms with Crippen LogP contribution in [0.15, 0.2) is 41.7 Å². The van der Waals surface area contributed by atoms with Gasteiger partial charge in [-0.2, -0.15) is 5.10 Å². The lowest BCUT2D eigenvalue weighted by atomic mass is 9.84. The Balaban J connectivity index is 1.62. The summed E-state index contributed by atoms with van der Waals surface area (Å²) in [5.41, 5.74) is 1.55. The van der Waals surface area contributed by atoms with Crippen LogP contribution in [-0.4, -0.2) is 47.6 Å². The molecule has 0 saturated carbocycles. The van der Waals surface area contributed by atoms with E-state index in [0.29, 0.717) is 28.9 Å². The van der Waals surface area contributed by atoms with Crippen molar-refractivity contribution in [2.45, 2.75) is 30.1 Å². The number of nitrogens with one attached hydrogen (secondary N) is 3. The fourth-order valence-corrected chi connectivity index (χ4v) is 5.47. The Labute approximate surface area is 184 Å². The Bertz CT molecular complexity index is 1310. The molecule has 1 amide bonds. The van der Waals surface area contributed by atoms with Gasteiger partial charge in [0.25, 0.3) is 0 Å². The molecule has 2 unspecified atom stereocenters. The maximum Gasteiger partial charge on any atom is 0.220 e. The van der Waals surface area contributed by atoms with Crippen LogP contribution in [0.4, 0.5) is 11.4 Å². The molecule has 3 N–H and O–H groups in total. The number of sulfone groups is 1. The summed E-state index contributed by atoms with van der Waals surface area (Å²) in [6.07, 6.45) is 5.39. The van der Waals surface area contributed by atoms with Crippen LogP contribution in [-0.2, 0) is 21.2 Å². The molecule has 11 heteroatoms. The second-order valence-electron chi connectivity index (χ2n) is 8.08. The largest absolute Gasteiger partial charge is 0.359 e. The lowest BCUT2D eigenvalue weighted by Gasteiger charge is -2.40. The van der Waals surface area contributed by atoms with Crippen LogP contribution in [0.3, 0.4) is 0 Å². The molecule has 2 aliphatic heterocycles. The van der Waals surface area contributed by atoms with Gasteiger partial charge < -0.3 is 16.0 Å². The zero-order valence-electron chi connectivity index (χ0n) is 16.7. The van der Waals surface area contributed by atoms with Crippen LogP contribution in [0.25, 0.3) is 10.9 Å². The molecule has 5 rings (SSSR count). The molecule has 1 saturated heterocycles. The number of hydrogen-bond donors (Lipinski definition) is 3. The normalized spacial score (nSPS) is 23.2. The van der Waals surface area contributed by atoms with E-state index in [4.69, 9.17) is 11.6 Å². The predicted molar refractivity (Wildman–Crippen MR) is 118 cm³/mol. The van der Waals surface area contributed by atoms with Gasteiger partial charge in [0, 0.05) is 41.7 Å². The monoisotopic (exact) mass is 460 g/mol. The van der Waals surface area contributed by atoms with Gasteiger partial charge in [-0.15, -0.1) is 0 Å². The molecule has 31 heavy (non-hydrogen) atoms. The molecule has 2 atom stereocenters. The van der Waals surface area contributed by atoms with Crippen molar-refractivity contribution in [2.75, 3.05) is 23.4 Å². The molecular formula is C20H21ClN6O3S. The minimum atomic E-state index is -3.54. The molecule has 3 aromatic rings. The van der Waals surface area contributed by atoms with Crippen molar-refractivity contribution in [3.05, 3.63) is 41.7 Å². The van der Waals surface area contributed by atoms with Crippen LogP contribution < -0.4 is 16.0 Å². The van der Waals surface area contributed by atoms with Gasteiger partial charge >= 0.3 is 0 Å². The van der Waals surface area contributed by atoms with Gasteiger partial charge in [-0.25, -0.2) is 8.42 Å². The van der Waals surface area contributed by atoms with E-state index in [1.54, 1.807) is 29.2 Å². The van der Waals surface area contributed by atoms with Crippen LogP contribution in [0, 0.1) is 5.92 Å². The fraction of sp³-hybridized carbons (Fsp3) is 0.350. The first-order valence-corrected chi connectivity index (χ1v) is 12.2. The van der Waals surface area contributed by atoms with E-state index in [2.05, 4.69) is 26.0 Å². The number of halogens is 1. The van der Waals surface area contributed by atoms with Crippen molar-refractivity contribution < 1.29 is 13.2 Å². The molecule has 0 radical (unpaired) electrons. The minimum Gasteiger partial charge on any atom is -0.359 e. The molecule has 0 aliphatic carbocycles. The number of piperidine rings is 1. The number of amides is 1. The molecule has 2 aromatic heterocycles. The maximum atomic E-state index is 12.3. The first kappa shape index (κ1) is 20.1. The second kappa shape index (κ2) is 7.10. The molecule has 0 bridgehead atoms. The number of nitrogens with zero attached hydrogens (tertiary/aromatic N) is 3. The number of rotatable bonds is 4. The number of hydrogen-bond acceptors (Lipinski definition) is 7. The van der Waals surface area contributed by atoms with Crippen LogP contribution >= 0.6 is 11.6 Å². The third kappa shape index (κ3) is 3.49. The number of benzene rings is 1. The molecule has 2 aliphatic rings. The van der Waals surface area contributed by atoms with Crippen LogP contribution in [0.2, 0.25) is 5.02 Å². The van der Waals surface area contributed by atoms with Crippen molar-refractivity contribution >= 4 is 49.6 Å². The van der Waals surface area contributed by atoms with Gasteiger partial charge in [-0.3, -0.25) is 14.5 Å². The van der Waals surface area contributed by atoms with Crippen molar-refractivity contribution in [3.8, 4) is 0 Å². The van der Waals surface area contributed by atoms with E-state index in [9.17, 15) is 13.2 Å². The SMILES string of the molecule is CS(=O)(=O)c1nn(CC2(C3CCNC(=O)C3)Nc3ccc(Cl)cc3N2)c2cnccc12. The van der Waals surface area contributed by atoms with Crippen molar-refractivity contribution in [1.82, 2.24) is 20.1 Å². The summed E-state index contributed by atoms with van der Waals surface area (Å²) in [7, 11) is -3.54. The quantitative estimate of drug-likeness (QED) is 0.546. The first-order chi connectivity index (χ1) is 14.7. The Hall–Kier alpha value is -2.85. The first-order valence-electron chi connectivity index (χ1n) is 9.88. The van der Waals surface area contributed by atoms with Crippen molar-refractivity contribution in [3.63, 3.8) is 0 Å². The van der Waals surface area contributed by atoms with E-state index >= 15 is 0 Å². The lowest BCUT2D eigenvalue weighted by molar-refractivity contribution is -0.124. The van der Waals surface area contributed by atoms with E-state index < -0.39 is 15.5 Å². The predicted octanol–water partition coefficient (Wildman–Crippen LogP) is 2.25. The maximum absolute atomic E-state index is 12.3. The van der Waals surface area contributed by atoms with Crippen LogP contribution in [0.1, 0.15) is 12.8 Å². The van der Waals surface area contributed by atoms with Gasteiger partial charge in [0.15, 0.2) is 14.9 Å².